The van der Waals surface area contributed by atoms with Gasteiger partial charge in [-0.1, -0.05) is 48.5 Å². The molecule has 0 aliphatic rings. The fourth-order valence-corrected chi connectivity index (χ4v) is 2.12. The van der Waals surface area contributed by atoms with E-state index in [2.05, 4.69) is 6.07 Å². The van der Waals surface area contributed by atoms with E-state index in [9.17, 15) is 10.1 Å². The van der Waals surface area contributed by atoms with Crippen molar-refractivity contribution < 1.29 is 9.53 Å². The van der Waals surface area contributed by atoms with E-state index in [0.29, 0.717) is 11.3 Å². The number of para-hydroxylation sites is 1. The first kappa shape index (κ1) is 13.8. The zero-order valence-electron chi connectivity index (χ0n) is 11.2. The lowest BCUT2D eigenvalue weighted by atomic mass is 9.91. The molecule has 0 saturated carbocycles. The summed E-state index contributed by atoms with van der Waals surface area (Å²) in [5, 5.41) is 9.32. The molecule has 3 nitrogen and oxygen atoms in total. The van der Waals surface area contributed by atoms with Gasteiger partial charge >= 0.3 is 0 Å². The molecule has 100 valence electrons. The number of nitriles is 1. The van der Waals surface area contributed by atoms with Gasteiger partial charge in [0, 0.05) is 12.0 Å². The van der Waals surface area contributed by atoms with Crippen LogP contribution in [0.1, 0.15) is 17.0 Å². The Kier molecular flexibility index (Phi) is 4.52. The van der Waals surface area contributed by atoms with Crippen molar-refractivity contribution in [3.8, 4) is 11.8 Å². The minimum absolute atomic E-state index is 0.122. The molecule has 2 aromatic rings. The van der Waals surface area contributed by atoms with Crippen LogP contribution in [0.25, 0.3) is 0 Å². The molecule has 0 radical (unpaired) electrons. The van der Waals surface area contributed by atoms with Gasteiger partial charge in [-0.2, -0.15) is 5.26 Å². The van der Waals surface area contributed by atoms with E-state index in [1.54, 1.807) is 18.2 Å². The Morgan fingerprint density at radius 1 is 1.15 bits per heavy atom. The fraction of sp³-hybridized carbons (Fsp3) is 0.176. The van der Waals surface area contributed by atoms with Gasteiger partial charge in [0.2, 0.25) is 0 Å². The summed E-state index contributed by atoms with van der Waals surface area (Å²) in [6, 6.07) is 18.7. The molecular weight excluding hydrogens is 250 g/mol. The Morgan fingerprint density at radius 3 is 2.45 bits per heavy atom. The molecule has 0 spiro atoms. The highest BCUT2D eigenvalue weighted by Gasteiger charge is 2.23. The summed E-state index contributed by atoms with van der Waals surface area (Å²) >= 11 is 0. The number of Topliss-reactive ketones (excluding diaryl/α,β-unsaturated/α-hetero) is 1. The van der Waals surface area contributed by atoms with Gasteiger partial charge in [0.05, 0.1) is 13.2 Å². The summed E-state index contributed by atoms with van der Waals surface area (Å²) in [6.45, 7) is 0. The first-order valence-electron chi connectivity index (χ1n) is 6.35. The number of hydrogen-bond acceptors (Lipinski definition) is 3. The van der Waals surface area contributed by atoms with Crippen molar-refractivity contribution in [2.24, 2.45) is 0 Å². The van der Waals surface area contributed by atoms with Crippen LogP contribution in [-0.2, 0) is 11.2 Å². The molecule has 0 fully saturated rings. The summed E-state index contributed by atoms with van der Waals surface area (Å²) in [4.78, 5) is 12.3. The average molecular weight is 265 g/mol. The monoisotopic (exact) mass is 265 g/mol. The Labute approximate surface area is 118 Å². The summed E-state index contributed by atoms with van der Waals surface area (Å²) in [5.41, 5.74) is 1.53. The number of nitrogens with zero attached hydrogens (tertiary/aromatic N) is 1. The maximum atomic E-state index is 12.3. The maximum Gasteiger partial charge on any atom is 0.158 e. The number of hydrogen-bond donors (Lipinski definition) is 0. The van der Waals surface area contributed by atoms with Crippen molar-refractivity contribution in [1.29, 1.82) is 5.26 Å². The van der Waals surface area contributed by atoms with Crippen LogP contribution in [0.4, 0.5) is 0 Å². The van der Waals surface area contributed by atoms with Crippen molar-refractivity contribution in [3.05, 3.63) is 65.7 Å². The minimum atomic E-state index is -0.800. The zero-order valence-corrected chi connectivity index (χ0v) is 11.2. The number of benzene rings is 2. The number of rotatable bonds is 5. The van der Waals surface area contributed by atoms with E-state index in [-0.39, 0.29) is 12.2 Å². The Balaban J connectivity index is 2.24. The zero-order chi connectivity index (χ0) is 14.4. The van der Waals surface area contributed by atoms with Crippen LogP contribution in [0, 0.1) is 11.3 Å². The summed E-state index contributed by atoms with van der Waals surface area (Å²) < 4.78 is 5.23. The second kappa shape index (κ2) is 6.53. The lowest BCUT2D eigenvalue weighted by molar-refractivity contribution is -0.118. The molecule has 0 N–H and O–H groups in total. The van der Waals surface area contributed by atoms with E-state index in [0.717, 1.165) is 5.56 Å². The molecular formula is C17H15NO2. The van der Waals surface area contributed by atoms with Crippen LogP contribution < -0.4 is 4.74 Å². The smallest absolute Gasteiger partial charge is 0.158 e. The van der Waals surface area contributed by atoms with Gasteiger partial charge in [-0.3, -0.25) is 4.79 Å². The van der Waals surface area contributed by atoms with Crippen LogP contribution >= 0.6 is 0 Å². The third kappa shape index (κ3) is 3.04. The van der Waals surface area contributed by atoms with E-state index in [4.69, 9.17) is 4.74 Å². The second-order valence-corrected chi connectivity index (χ2v) is 4.43. The highest BCUT2D eigenvalue weighted by molar-refractivity contribution is 5.90. The molecule has 0 heterocycles. The van der Waals surface area contributed by atoms with Gasteiger partial charge < -0.3 is 4.74 Å². The number of ether oxygens (including phenoxy) is 1. The Morgan fingerprint density at radius 2 is 1.80 bits per heavy atom. The minimum Gasteiger partial charge on any atom is -0.496 e. The van der Waals surface area contributed by atoms with Gasteiger partial charge in [0.15, 0.2) is 5.78 Å². The van der Waals surface area contributed by atoms with Crippen molar-refractivity contribution in [2.45, 2.75) is 12.3 Å². The van der Waals surface area contributed by atoms with Crippen LogP contribution in [-0.4, -0.2) is 12.9 Å². The van der Waals surface area contributed by atoms with Gasteiger partial charge in [-0.15, -0.1) is 0 Å². The van der Waals surface area contributed by atoms with E-state index in [1.807, 2.05) is 36.4 Å². The van der Waals surface area contributed by atoms with Gasteiger partial charge in [0.25, 0.3) is 0 Å². The van der Waals surface area contributed by atoms with Crippen LogP contribution in [0.2, 0.25) is 0 Å². The average Bonchev–Trinajstić information content (AvgIpc) is 2.49. The van der Waals surface area contributed by atoms with E-state index >= 15 is 0 Å². The lowest BCUT2D eigenvalue weighted by Crippen LogP contribution is -2.14. The molecule has 20 heavy (non-hydrogen) atoms. The SMILES string of the molecule is COc1ccccc1C(C#N)C(=O)Cc1ccccc1. The highest BCUT2D eigenvalue weighted by atomic mass is 16.5. The molecule has 0 aromatic heterocycles. The molecule has 2 aromatic carbocycles. The Bertz CT molecular complexity index is 629. The summed E-state index contributed by atoms with van der Waals surface area (Å²) in [5.74, 6) is -0.352. The first-order valence-corrected chi connectivity index (χ1v) is 6.35. The molecule has 0 aliphatic heterocycles. The van der Waals surface area contributed by atoms with E-state index in [1.165, 1.54) is 7.11 Å². The van der Waals surface area contributed by atoms with Crippen molar-refractivity contribution >= 4 is 5.78 Å². The third-order valence-corrected chi connectivity index (χ3v) is 3.12. The number of ketones is 1. The van der Waals surface area contributed by atoms with Gasteiger partial charge in [0.1, 0.15) is 11.7 Å². The van der Waals surface area contributed by atoms with Gasteiger partial charge in [-0.25, -0.2) is 0 Å². The fourth-order valence-electron chi connectivity index (χ4n) is 2.12. The van der Waals surface area contributed by atoms with Crippen molar-refractivity contribution in [2.75, 3.05) is 7.11 Å². The van der Waals surface area contributed by atoms with Crippen LogP contribution in [0.5, 0.6) is 5.75 Å². The highest BCUT2D eigenvalue weighted by Crippen LogP contribution is 2.27. The van der Waals surface area contributed by atoms with Crippen LogP contribution in [0.15, 0.2) is 54.6 Å². The lowest BCUT2D eigenvalue weighted by Gasteiger charge is -2.12. The van der Waals surface area contributed by atoms with Crippen LogP contribution in [0.3, 0.4) is 0 Å². The molecule has 0 aliphatic carbocycles. The largest absolute Gasteiger partial charge is 0.496 e. The molecule has 0 bridgehead atoms. The summed E-state index contributed by atoms with van der Waals surface area (Å²) in [6.07, 6.45) is 0.247. The second-order valence-electron chi connectivity index (χ2n) is 4.43. The first-order chi connectivity index (χ1) is 9.76. The molecule has 1 unspecified atom stereocenters. The molecule has 2 rings (SSSR count). The van der Waals surface area contributed by atoms with Crippen molar-refractivity contribution in [1.82, 2.24) is 0 Å². The van der Waals surface area contributed by atoms with Crippen molar-refractivity contribution in [3.63, 3.8) is 0 Å². The number of methoxy groups -OCH3 is 1. The molecule has 3 heteroatoms. The molecule has 1 atom stereocenters. The quantitative estimate of drug-likeness (QED) is 0.834. The topological polar surface area (TPSA) is 50.1 Å². The maximum absolute atomic E-state index is 12.3. The number of carbonyl (C=O) groups is 1. The predicted octanol–water partition coefficient (Wildman–Crippen LogP) is 3.11. The normalized spacial score (nSPS) is 11.4. The van der Waals surface area contributed by atoms with E-state index < -0.39 is 5.92 Å². The predicted molar refractivity (Wildman–Crippen MR) is 76.5 cm³/mol. The third-order valence-electron chi connectivity index (χ3n) is 3.12. The standard InChI is InChI=1S/C17H15NO2/c1-20-17-10-6-5-9-14(17)15(12-18)16(19)11-13-7-3-2-4-8-13/h2-10,15H,11H2,1H3. The molecule has 0 amide bonds. The summed E-state index contributed by atoms with van der Waals surface area (Å²) in [7, 11) is 1.54. The Hall–Kier alpha value is -2.60. The van der Waals surface area contributed by atoms with Gasteiger partial charge in [-0.05, 0) is 11.6 Å². The number of carbonyl (C=O) groups excluding carboxylic acids is 1. The molecule has 0 saturated heterocycles.